The zero-order valence-corrected chi connectivity index (χ0v) is 10.2. The van der Waals surface area contributed by atoms with Crippen LogP contribution in [0.1, 0.15) is 39.0 Å². The number of rotatable bonds is 2. The number of hydrogen-bond donors (Lipinski definition) is 2. The molecule has 17 heavy (non-hydrogen) atoms. The summed E-state index contributed by atoms with van der Waals surface area (Å²) in [6.07, 6.45) is 4.66. The first-order chi connectivity index (χ1) is 8.09. The summed E-state index contributed by atoms with van der Waals surface area (Å²) in [5.74, 6) is -0.387. The van der Waals surface area contributed by atoms with Crippen molar-refractivity contribution in [3.63, 3.8) is 0 Å². The van der Waals surface area contributed by atoms with Crippen LogP contribution in [0.25, 0.3) is 0 Å². The summed E-state index contributed by atoms with van der Waals surface area (Å²) >= 11 is 0. The number of carboxylic acids is 1. The van der Waals surface area contributed by atoms with E-state index in [9.17, 15) is 9.59 Å². The van der Waals surface area contributed by atoms with Crippen molar-refractivity contribution in [2.75, 3.05) is 6.54 Å². The Kier molecular flexibility index (Phi) is 3.54. The van der Waals surface area contributed by atoms with Gasteiger partial charge in [-0.15, -0.1) is 0 Å². The van der Waals surface area contributed by atoms with Crippen LogP contribution in [0.5, 0.6) is 0 Å². The van der Waals surface area contributed by atoms with Crippen molar-refractivity contribution in [2.24, 2.45) is 5.92 Å². The van der Waals surface area contributed by atoms with E-state index in [0.29, 0.717) is 18.9 Å². The number of amides is 2. The SMILES string of the molecule is CC1CCCC1NC(=O)N1CCC[C@H]1C(=O)O. The van der Waals surface area contributed by atoms with Crippen LogP contribution in [0.15, 0.2) is 0 Å². The molecule has 2 aliphatic rings. The molecule has 2 N–H and O–H groups in total. The van der Waals surface area contributed by atoms with E-state index in [-0.39, 0.29) is 12.1 Å². The van der Waals surface area contributed by atoms with Crippen molar-refractivity contribution in [1.29, 1.82) is 0 Å². The van der Waals surface area contributed by atoms with E-state index in [2.05, 4.69) is 12.2 Å². The topological polar surface area (TPSA) is 69.6 Å². The maximum atomic E-state index is 12.0. The summed E-state index contributed by atoms with van der Waals surface area (Å²) in [5.41, 5.74) is 0. The van der Waals surface area contributed by atoms with Crippen molar-refractivity contribution >= 4 is 12.0 Å². The van der Waals surface area contributed by atoms with Gasteiger partial charge in [-0.2, -0.15) is 0 Å². The zero-order valence-electron chi connectivity index (χ0n) is 10.2. The van der Waals surface area contributed by atoms with Gasteiger partial charge < -0.3 is 15.3 Å². The van der Waals surface area contributed by atoms with Gasteiger partial charge in [-0.25, -0.2) is 9.59 Å². The highest BCUT2D eigenvalue weighted by atomic mass is 16.4. The fraction of sp³-hybridized carbons (Fsp3) is 0.833. The molecule has 0 spiro atoms. The summed E-state index contributed by atoms with van der Waals surface area (Å²) in [6, 6.07) is -0.613. The number of nitrogens with zero attached hydrogens (tertiary/aromatic N) is 1. The molecule has 0 aromatic carbocycles. The van der Waals surface area contributed by atoms with Gasteiger partial charge in [-0.3, -0.25) is 0 Å². The molecule has 96 valence electrons. The van der Waals surface area contributed by atoms with Crippen LogP contribution in [-0.4, -0.2) is 40.6 Å². The molecule has 0 bridgehead atoms. The summed E-state index contributed by atoms with van der Waals surface area (Å²) in [4.78, 5) is 24.5. The number of urea groups is 1. The lowest BCUT2D eigenvalue weighted by atomic mass is 10.1. The largest absolute Gasteiger partial charge is 0.480 e. The highest BCUT2D eigenvalue weighted by Crippen LogP contribution is 2.25. The van der Waals surface area contributed by atoms with Gasteiger partial charge in [-0.1, -0.05) is 13.3 Å². The van der Waals surface area contributed by atoms with Gasteiger partial charge in [0.25, 0.3) is 0 Å². The Bertz CT molecular complexity index is 319. The van der Waals surface area contributed by atoms with Gasteiger partial charge in [0.15, 0.2) is 0 Å². The zero-order chi connectivity index (χ0) is 12.4. The fourth-order valence-corrected chi connectivity index (χ4v) is 2.87. The van der Waals surface area contributed by atoms with E-state index in [0.717, 1.165) is 25.7 Å². The van der Waals surface area contributed by atoms with E-state index < -0.39 is 12.0 Å². The number of likely N-dealkylation sites (tertiary alicyclic amines) is 1. The lowest BCUT2D eigenvalue weighted by Crippen LogP contribution is -2.49. The second-order valence-electron chi connectivity index (χ2n) is 5.15. The summed E-state index contributed by atoms with van der Waals surface area (Å²) < 4.78 is 0. The summed E-state index contributed by atoms with van der Waals surface area (Å²) in [5, 5.41) is 12.0. The third kappa shape index (κ3) is 2.53. The van der Waals surface area contributed by atoms with Gasteiger partial charge in [0.2, 0.25) is 0 Å². The second kappa shape index (κ2) is 4.94. The molecule has 1 aliphatic heterocycles. The Morgan fingerprint density at radius 2 is 2.00 bits per heavy atom. The van der Waals surface area contributed by atoms with E-state index in [4.69, 9.17) is 5.11 Å². The minimum atomic E-state index is -0.892. The minimum absolute atomic E-state index is 0.200. The first kappa shape index (κ1) is 12.2. The average Bonchev–Trinajstić information content (AvgIpc) is 2.87. The van der Waals surface area contributed by atoms with Gasteiger partial charge in [-0.05, 0) is 31.6 Å². The van der Waals surface area contributed by atoms with Crippen LogP contribution < -0.4 is 5.32 Å². The molecule has 5 heteroatoms. The Morgan fingerprint density at radius 1 is 1.24 bits per heavy atom. The normalized spacial score (nSPS) is 32.8. The van der Waals surface area contributed by atoms with E-state index in [1.54, 1.807) is 0 Å². The standard InChI is InChI=1S/C12H20N2O3/c1-8-4-2-5-9(8)13-12(17)14-7-3-6-10(14)11(15)16/h8-10H,2-7H2,1H3,(H,13,17)(H,15,16)/t8?,9?,10-/m0/s1. The quantitative estimate of drug-likeness (QED) is 0.767. The molecule has 0 radical (unpaired) electrons. The predicted molar refractivity (Wildman–Crippen MR) is 62.7 cm³/mol. The lowest BCUT2D eigenvalue weighted by molar-refractivity contribution is -0.141. The first-order valence-electron chi connectivity index (χ1n) is 6.39. The van der Waals surface area contributed by atoms with Crippen molar-refractivity contribution in [2.45, 2.75) is 51.1 Å². The molecular weight excluding hydrogens is 220 g/mol. The van der Waals surface area contributed by atoms with Gasteiger partial charge in [0.1, 0.15) is 6.04 Å². The number of carboxylic acid groups (broad SMARTS) is 1. The monoisotopic (exact) mass is 240 g/mol. The van der Waals surface area contributed by atoms with Crippen LogP contribution in [0, 0.1) is 5.92 Å². The minimum Gasteiger partial charge on any atom is -0.480 e. The van der Waals surface area contributed by atoms with Crippen LogP contribution in [-0.2, 0) is 4.79 Å². The molecule has 1 saturated carbocycles. The van der Waals surface area contributed by atoms with Crippen LogP contribution in [0.3, 0.4) is 0 Å². The number of carbonyl (C=O) groups is 2. The fourth-order valence-electron chi connectivity index (χ4n) is 2.87. The Morgan fingerprint density at radius 3 is 2.59 bits per heavy atom. The highest BCUT2D eigenvalue weighted by molar-refractivity contribution is 5.83. The van der Waals surface area contributed by atoms with Gasteiger partial charge >= 0.3 is 12.0 Å². The smallest absolute Gasteiger partial charge is 0.326 e. The maximum Gasteiger partial charge on any atom is 0.326 e. The third-order valence-corrected chi connectivity index (χ3v) is 3.97. The molecular formula is C12H20N2O3. The molecule has 0 aromatic heterocycles. The van der Waals surface area contributed by atoms with E-state index in [1.807, 2.05) is 0 Å². The Hall–Kier alpha value is -1.26. The maximum absolute atomic E-state index is 12.0. The molecule has 3 atom stereocenters. The number of carbonyl (C=O) groups excluding carboxylic acids is 1. The van der Waals surface area contributed by atoms with Crippen LogP contribution in [0.4, 0.5) is 4.79 Å². The van der Waals surface area contributed by atoms with Gasteiger partial charge in [0.05, 0.1) is 0 Å². The number of aliphatic carboxylic acids is 1. The molecule has 0 aromatic rings. The van der Waals surface area contributed by atoms with Crippen molar-refractivity contribution in [3.8, 4) is 0 Å². The molecule has 1 heterocycles. The Labute approximate surface area is 101 Å². The van der Waals surface area contributed by atoms with Crippen LogP contribution in [0.2, 0.25) is 0 Å². The van der Waals surface area contributed by atoms with E-state index in [1.165, 1.54) is 4.90 Å². The average molecular weight is 240 g/mol. The Balaban J connectivity index is 1.93. The molecule has 5 nitrogen and oxygen atoms in total. The van der Waals surface area contributed by atoms with E-state index >= 15 is 0 Å². The lowest BCUT2D eigenvalue weighted by Gasteiger charge is -2.25. The van der Waals surface area contributed by atoms with Crippen molar-refractivity contribution in [1.82, 2.24) is 10.2 Å². The molecule has 2 unspecified atom stereocenters. The number of nitrogens with one attached hydrogen (secondary N) is 1. The third-order valence-electron chi connectivity index (χ3n) is 3.97. The molecule has 1 saturated heterocycles. The molecule has 2 fully saturated rings. The first-order valence-corrected chi connectivity index (χ1v) is 6.39. The van der Waals surface area contributed by atoms with Crippen LogP contribution >= 0.6 is 0 Å². The highest BCUT2D eigenvalue weighted by Gasteiger charge is 2.35. The van der Waals surface area contributed by atoms with Gasteiger partial charge in [0, 0.05) is 12.6 Å². The van der Waals surface area contributed by atoms with Crippen molar-refractivity contribution in [3.05, 3.63) is 0 Å². The molecule has 1 aliphatic carbocycles. The molecule has 2 amide bonds. The summed E-state index contributed by atoms with van der Waals surface area (Å²) in [6.45, 7) is 2.69. The van der Waals surface area contributed by atoms with Crippen molar-refractivity contribution < 1.29 is 14.7 Å². The predicted octanol–water partition coefficient (Wildman–Crippen LogP) is 1.43. The second-order valence-corrected chi connectivity index (χ2v) is 5.15. The number of hydrogen-bond acceptors (Lipinski definition) is 2. The molecule has 2 rings (SSSR count). The summed E-state index contributed by atoms with van der Waals surface area (Å²) in [7, 11) is 0.